The molecule has 0 aliphatic rings. The molecule has 0 unspecified atom stereocenters. The van der Waals surface area contributed by atoms with Gasteiger partial charge in [0.05, 0.1) is 11.2 Å². The molecular formula is C15H10BrClF2N2. The molecule has 0 saturated heterocycles. The summed E-state index contributed by atoms with van der Waals surface area (Å²) >= 11 is 9.13. The fourth-order valence-electron chi connectivity index (χ4n) is 2.32. The molecule has 0 atom stereocenters. The van der Waals surface area contributed by atoms with Crippen LogP contribution in [0.3, 0.4) is 0 Å². The van der Waals surface area contributed by atoms with Crippen LogP contribution in [0.25, 0.3) is 16.7 Å². The molecule has 108 valence electrons. The Kier molecular flexibility index (Phi) is 3.95. The number of aryl methyl sites for hydroxylation is 1. The first-order chi connectivity index (χ1) is 10.1. The summed E-state index contributed by atoms with van der Waals surface area (Å²) in [5.41, 5.74) is 1.04. The van der Waals surface area contributed by atoms with Crippen LogP contribution in [0, 0.1) is 11.6 Å². The highest BCUT2D eigenvalue weighted by Gasteiger charge is 2.19. The van der Waals surface area contributed by atoms with E-state index in [0.717, 1.165) is 0 Å². The zero-order valence-corrected chi connectivity index (χ0v) is 13.1. The van der Waals surface area contributed by atoms with Crippen molar-refractivity contribution in [3.05, 3.63) is 58.3 Å². The number of alkyl halides is 1. The summed E-state index contributed by atoms with van der Waals surface area (Å²) in [6.45, 7) is 0. The van der Waals surface area contributed by atoms with Gasteiger partial charge in [0.25, 0.3) is 0 Å². The first-order valence-corrected chi connectivity index (χ1v) is 7.62. The van der Waals surface area contributed by atoms with Crippen LogP contribution >= 0.6 is 27.5 Å². The van der Waals surface area contributed by atoms with Gasteiger partial charge in [-0.05, 0) is 40.2 Å². The number of aromatic nitrogens is 2. The average molecular weight is 372 g/mol. The summed E-state index contributed by atoms with van der Waals surface area (Å²) in [5.74, 6) is -0.00834. The molecule has 3 aromatic rings. The molecule has 3 rings (SSSR count). The Bertz CT molecular complexity index is 797. The second-order valence-corrected chi connectivity index (χ2v) is 5.71. The van der Waals surface area contributed by atoms with Gasteiger partial charge in [0.15, 0.2) is 5.82 Å². The van der Waals surface area contributed by atoms with E-state index < -0.39 is 11.6 Å². The average Bonchev–Trinajstić information content (AvgIpc) is 2.80. The molecule has 1 heterocycles. The lowest BCUT2D eigenvalue weighted by molar-refractivity contribution is 0.615. The predicted octanol–water partition coefficient (Wildman–Crippen LogP) is 4.85. The van der Waals surface area contributed by atoms with Crippen molar-refractivity contribution in [2.75, 3.05) is 5.88 Å². The molecule has 1 aromatic heterocycles. The van der Waals surface area contributed by atoms with Gasteiger partial charge >= 0.3 is 0 Å². The highest BCUT2D eigenvalue weighted by Crippen LogP contribution is 2.30. The molecule has 0 aliphatic heterocycles. The van der Waals surface area contributed by atoms with Crippen LogP contribution in [-0.2, 0) is 6.42 Å². The van der Waals surface area contributed by atoms with Crippen LogP contribution in [0.4, 0.5) is 8.78 Å². The van der Waals surface area contributed by atoms with E-state index in [1.54, 1.807) is 28.8 Å². The lowest BCUT2D eigenvalue weighted by Crippen LogP contribution is -2.05. The molecule has 0 N–H and O–H groups in total. The lowest BCUT2D eigenvalue weighted by Gasteiger charge is -2.11. The summed E-state index contributed by atoms with van der Waals surface area (Å²) in [6.07, 6.45) is 0.413. The smallest absolute Gasteiger partial charge is 0.151 e. The van der Waals surface area contributed by atoms with Crippen molar-refractivity contribution in [1.82, 2.24) is 9.55 Å². The number of hydrogen-bond donors (Lipinski definition) is 0. The summed E-state index contributed by atoms with van der Waals surface area (Å²) in [6, 6.07) is 9.31. The minimum atomic E-state index is -0.436. The number of hydrogen-bond acceptors (Lipinski definition) is 1. The minimum Gasteiger partial charge on any atom is -0.292 e. The summed E-state index contributed by atoms with van der Waals surface area (Å²) in [4.78, 5) is 4.28. The monoisotopic (exact) mass is 370 g/mol. The van der Waals surface area contributed by atoms with Crippen LogP contribution < -0.4 is 0 Å². The topological polar surface area (TPSA) is 17.8 Å². The van der Waals surface area contributed by atoms with Crippen molar-refractivity contribution in [3.8, 4) is 5.69 Å². The fraction of sp³-hybridized carbons (Fsp3) is 0.133. The van der Waals surface area contributed by atoms with Crippen molar-refractivity contribution in [2.24, 2.45) is 0 Å². The van der Waals surface area contributed by atoms with Crippen molar-refractivity contribution >= 4 is 38.6 Å². The summed E-state index contributed by atoms with van der Waals surface area (Å²) < 4.78 is 30.4. The van der Waals surface area contributed by atoms with Gasteiger partial charge in [-0.25, -0.2) is 13.8 Å². The Balaban J connectivity index is 2.40. The number of fused-ring (bicyclic) bond motifs is 1. The van der Waals surface area contributed by atoms with Crippen LogP contribution in [0.15, 0.2) is 40.9 Å². The molecular weight excluding hydrogens is 362 g/mol. The van der Waals surface area contributed by atoms with Gasteiger partial charge in [-0.2, -0.15) is 0 Å². The van der Waals surface area contributed by atoms with Crippen molar-refractivity contribution in [1.29, 1.82) is 0 Å². The Morgan fingerprint density at radius 3 is 2.52 bits per heavy atom. The zero-order chi connectivity index (χ0) is 15.0. The molecule has 6 heteroatoms. The van der Waals surface area contributed by atoms with Gasteiger partial charge in [0.1, 0.15) is 17.2 Å². The third-order valence-electron chi connectivity index (χ3n) is 3.18. The molecule has 0 fully saturated rings. The number of nitrogens with zero attached hydrogens (tertiary/aromatic N) is 2. The molecule has 0 amide bonds. The molecule has 0 bridgehead atoms. The van der Waals surface area contributed by atoms with Crippen molar-refractivity contribution < 1.29 is 8.78 Å². The molecule has 0 aliphatic carbocycles. The van der Waals surface area contributed by atoms with Gasteiger partial charge in [0.2, 0.25) is 0 Å². The molecule has 2 aromatic carbocycles. The number of para-hydroxylation sites is 2. The first kappa shape index (κ1) is 14.5. The normalized spacial score (nSPS) is 11.2. The van der Waals surface area contributed by atoms with E-state index in [-0.39, 0.29) is 5.52 Å². The largest absolute Gasteiger partial charge is 0.292 e. The van der Waals surface area contributed by atoms with Gasteiger partial charge in [-0.1, -0.05) is 12.1 Å². The number of rotatable bonds is 3. The predicted molar refractivity (Wildman–Crippen MR) is 83.1 cm³/mol. The maximum Gasteiger partial charge on any atom is 0.151 e. The Labute approximate surface area is 133 Å². The van der Waals surface area contributed by atoms with E-state index >= 15 is 0 Å². The molecule has 0 saturated carbocycles. The molecule has 2 nitrogen and oxygen atoms in total. The van der Waals surface area contributed by atoms with E-state index in [0.29, 0.717) is 33.8 Å². The Morgan fingerprint density at radius 2 is 1.81 bits per heavy atom. The first-order valence-electron chi connectivity index (χ1n) is 6.29. The van der Waals surface area contributed by atoms with Gasteiger partial charge in [-0.15, -0.1) is 11.6 Å². The van der Waals surface area contributed by atoms with Crippen LogP contribution in [-0.4, -0.2) is 15.4 Å². The van der Waals surface area contributed by atoms with Crippen molar-refractivity contribution in [3.63, 3.8) is 0 Å². The van der Waals surface area contributed by atoms with E-state index in [2.05, 4.69) is 20.9 Å². The second kappa shape index (κ2) is 5.73. The maximum atomic E-state index is 14.3. The third kappa shape index (κ3) is 2.45. The van der Waals surface area contributed by atoms with Gasteiger partial charge < -0.3 is 0 Å². The van der Waals surface area contributed by atoms with Crippen molar-refractivity contribution in [2.45, 2.75) is 6.42 Å². The number of imidazole rings is 1. The maximum absolute atomic E-state index is 14.3. The van der Waals surface area contributed by atoms with E-state index in [9.17, 15) is 8.78 Å². The van der Waals surface area contributed by atoms with Crippen LogP contribution in [0.1, 0.15) is 5.82 Å². The van der Waals surface area contributed by atoms with Crippen LogP contribution in [0.5, 0.6) is 0 Å². The van der Waals surface area contributed by atoms with E-state index in [1.807, 2.05) is 0 Å². The van der Waals surface area contributed by atoms with Crippen LogP contribution in [0.2, 0.25) is 0 Å². The quantitative estimate of drug-likeness (QED) is 0.602. The minimum absolute atomic E-state index is 0.216. The molecule has 21 heavy (non-hydrogen) atoms. The third-order valence-corrected chi connectivity index (χ3v) is 4.01. The lowest BCUT2D eigenvalue weighted by atomic mass is 10.2. The van der Waals surface area contributed by atoms with E-state index in [1.165, 1.54) is 12.1 Å². The van der Waals surface area contributed by atoms with E-state index in [4.69, 9.17) is 11.6 Å². The standard InChI is InChI=1S/C15H10BrClF2N2/c16-9-3-1-5-11(19)15(9)21-12-6-2-4-10(18)14(12)20-13(21)7-8-17/h1-6H,7-8H2. The number of halogens is 4. The summed E-state index contributed by atoms with van der Waals surface area (Å²) in [7, 11) is 0. The molecule has 0 spiro atoms. The second-order valence-electron chi connectivity index (χ2n) is 4.48. The Hall–Kier alpha value is -1.46. The number of benzene rings is 2. The van der Waals surface area contributed by atoms with Gasteiger partial charge in [0, 0.05) is 16.8 Å². The fourth-order valence-corrected chi connectivity index (χ4v) is 3.01. The van der Waals surface area contributed by atoms with Gasteiger partial charge in [-0.3, -0.25) is 4.57 Å². The molecule has 0 radical (unpaired) electrons. The zero-order valence-electron chi connectivity index (χ0n) is 10.8. The highest BCUT2D eigenvalue weighted by atomic mass is 79.9. The summed E-state index contributed by atoms with van der Waals surface area (Å²) in [5, 5.41) is 0. The highest BCUT2D eigenvalue weighted by molar-refractivity contribution is 9.10. The Morgan fingerprint density at radius 1 is 1.10 bits per heavy atom. The SMILES string of the molecule is Fc1cccc(Br)c1-n1c(CCCl)nc2c(F)cccc21.